The molecular weight excluding hydrogens is 500 g/mol. The van der Waals surface area contributed by atoms with Crippen LogP contribution in [-0.4, -0.2) is 47.5 Å². The van der Waals surface area contributed by atoms with Crippen LogP contribution in [0.1, 0.15) is 56.5 Å². The Balaban J connectivity index is 1.99. The van der Waals surface area contributed by atoms with Crippen LogP contribution in [0.5, 0.6) is 11.5 Å². The SMILES string of the molecule is COc1cccc([C@@H](C(=O)NC(C)(C)C)N(Cc2ccccc2)C(=O)CCC(=O)Nc2cc(C)on2)c1OC. The van der Waals surface area contributed by atoms with E-state index in [9.17, 15) is 14.4 Å². The number of amides is 3. The van der Waals surface area contributed by atoms with Gasteiger partial charge < -0.3 is 29.5 Å². The highest BCUT2D eigenvalue weighted by molar-refractivity contribution is 5.94. The van der Waals surface area contributed by atoms with Gasteiger partial charge in [0, 0.05) is 36.6 Å². The summed E-state index contributed by atoms with van der Waals surface area (Å²) in [4.78, 5) is 41.7. The normalized spacial score (nSPS) is 11.8. The summed E-state index contributed by atoms with van der Waals surface area (Å²) in [6.45, 7) is 7.44. The number of rotatable bonds is 11. The lowest BCUT2D eigenvalue weighted by Gasteiger charge is -2.34. The first kappa shape index (κ1) is 29.2. The first-order chi connectivity index (χ1) is 18.5. The van der Waals surface area contributed by atoms with E-state index in [1.807, 2.05) is 51.1 Å². The Labute approximate surface area is 228 Å². The van der Waals surface area contributed by atoms with Crippen molar-refractivity contribution in [2.45, 2.75) is 58.7 Å². The second-order valence-corrected chi connectivity index (χ2v) is 10.1. The zero-order chi connectivity index (χ0) is 28.6. The number of anilines is 1. The van der Waals surface area contributed by atoms with Crippen molar-refractivity contribution in [3.8, 4) is 11.5 Å². The molecule has 0 aliphatic carbocycles. The molecule has 39 heavy (non-hydrogen) atoms. The molecule has 0 radical (unpaired) electrons. The van der Waals surface area contributed by atoms with E-state index in [0.717, 1.165) is 5.56 Å². The lowest BCUT2D eigenvalue weighted by Crippen LogP contribution is -2.49. The summed E-state index contributed by atoms with van der Waals surface area (Å²) >= 11 is 0. The van der Waals surface area contributed by atoms with Gasteiger partial charge in [0.1, 0.15) is 11.8 Å². The van der Waals surface area contributed by atoms with Crippen LogP contribution >= 0.6 is 0 Å². The zero-order valence-electron chi connectivity index (χ0n) is 23.2. The van der Waals surface area contributed by atoms with Crippen LogP contribution < -0.4 is 20.1 Å². The van der Waals surface area contributed by atoms with Gasteiger partial charge in [-0.15, -0.1) is 0 Å². The van der Waals surface area contributed by atoms with Crippen molar-refractivity contribution in [3.63, 3.8) is 0 Å². The number of nitrogens with zero attached hydrogens (tertiary/aromatic N) is 2. The topological polar surface area (TPSA) is 123 Å². The van der Waals surface area contributed by atoms with Gasteiger partial charge in [0.2, 0.25) is 17.7 Å². The molecule has 3 rings (SSSR count). The third-order valence-corrected chi connectivity index (χ3v) is 5.76. The molecule has 3 amide bonds. The van der Waals surface area contributed by atoms with Crippen LogP contribution in [0.25, 0.3) is 0 Å². The average molecular weight is 537 g/mol. The maximum absolute atomic E-state index is 13.8. The Morgan fingerprint density at radius 1 is 1.00 bits per heavy atom. The molecule has 208 valence electrons. The molecule has 0 spiro atoms. The molecule has 0 fully saturated rings. The Hall–Kier alpha value is -4.34. The van der Waals surface area contributed by atoms with Crippen LogP contribution in [0.4, 0.5) is 5.82 Å². The molecule has 0 aliphatic rings. The molecule has 10 nitrogen and oxygen atoms in total. The second-order valence-electron chi connectivity index (χ2n) is 10.1. The first-order valence-corrected chi connectivity index (χ1v) is 12.6. The minimum Gasteiger partial charge on any atom is -0.493 e. The van der Waals surface area contributed by atoms with Gasteiger partial charge in [-0.25, -0.2) is 0 Å². The zero-order valence-corrected chi connectivity index (χ0v) is 23.2. The molecule has 3 aromatic rings. The third-order valence-electron chi connectivity index (χ3n) is 5.76. The lowest BCUT2D eigenvalue weighted by molar-refractivity contribution is -0.142. The number of carbonyl (C=O) groups excluding carboxylic acids is 3. The van der Waals surface area contributed by atoms with Crippen molar-refractivity contribution in [3.05, 3.63) is 71.5 Å². The van der Waals surface area contributed by atoms with Crippen molar-refractivity contribution in [1.29, 1.82) is 0 Å². The van der Waals surface area contributed by atoms with Crippen molar-refractivity contribution < 1.29 is 28.4 Å². The summed E-state index contributed by atoms with van der Waals surface area (Å²) in [6.07, 6.45) is -0.250. The number of aryl methyl sites for hydroxylation is 1. The summed E-state index contributed by atoms with van der Waals surface area (Å²) in [5.41, 5.74) is 0.715. The van der Waals surface area contributed by atoms with Crippen LogP contribution in [0.15, 0.2) is 59.1 Å². The largest absolute Gasteiger partial charge is 0.493 e. The van der Waals surface area contributed by atoms with E-state index in [1.165, 1.54) is 19.1 Å². The maximum atomic E-state index is 13.8. The standard InChI is InChI=1S/C29H36N4O6/c1-19-17-23(32-39-19)30-24(34)15-16-25(35)33(18-20-11-8-7-9-12-20)26(28(36)31-29(2,3)4)21-13-10-14-22(37-5)27(21)38-6/h7-14,17,26H,15-16,18H2,1-6H3,(H,31,36)(H,30,32,34)/t26-/m0/s1. The monoisotopic (exact) mass is 536 g/mol. The van der Waals surface area contributed by atoms with Gasteiger partial charge in [0.15, 0.2) is 17.3 Å². The van der Waals surface area contributed by atoms with Gasteiger partial charge in [-0.2, -0.15) is 0 Å². The van der Waals surface area contributed by atoms with Gasteiger partial charge in [-0.1, -0.05) is 47.6 Å². The van der Waals surface area contributed by atoms with Gasteiger partial charge >= 0.3 is 0 Å². The molecule has 0 bridgehead atoms. The van der Waals surface area contributed by atoms with E-state index in [2.05, 4.69) is 15.8 Å². The predicted octanol–water partition coefficient (Wildman–Crippen LogP) is 4.40. The van der Waals surface area contributed by atoms with Crippen molar-refractivity contribution >= 4 is 23.5 Å². The minimum absolute atomic E-state index is 0.112. The molecule has 2 N–H and O–H groups in total. The van der Waals surface area contributed by atoms with E-state index >= 15 is 0 Å². The highest BCUT2D eigenvalue weighted by Crippen LogP contribution is 2.38. The fourth-order valence-electron chi connectivity index (χ4n) is 4.11. The number of hydrogen-bond donors (Lipinski definition) is 2. The molecule has 0 saturated heterocycles. The van der Waals surface area contributed by atoms with Crippen LogP contribution in [0, 0.1) is 6.92 Å². The number of methoxy groups -OCH3 is 2. The number of ether oxygens (including phenoxy) is 2. The molecular formula is C29H36N4O6. The maximum Gasteiger partial charge on any atom is 0.248 e. The number of aromatic nitrogens is 1. The summed E-state index contributed by atoms with van der Waals surface area (Å²) < 4.78 is 16.1. The molecule has 1 atom stereocenters. The Bertz CT molecular complexity index is 1280. The fourth-order valence-corrected chi connectivity index (χ4v) is 4.11. The fraction of sp³-hybridized carbons (Fsp3) is 0.379. The average Bonchev–Trinajstić information content (AvgIpc) is 3.30. The first-order valence-electron chi connectivity index (χ1n) is 12.6. The molecule has 2 aromatic carbocycles. The van der Waals surface area contributed by atoms with Crippen LogP contribution in [0.3, 0.4) is 0 Å². The van der Waals surface area contributed by atoms with E-state index in [-0.39, 0.29) is 37.0 Å². The van der Waals surface area contributed by atoms with E-state index in [4.69, 9.17) is 14.0 Å². The highest BCUT2D eigenvalue weighted by atomic mass is 16.5. The highest BCUT2D eigenvalue weighted by Gasteiger charge is 2.36. The Morgan fingerprint density at radius 2 is 1.72 bits per heavy atom. The second kappa shape index (κ2) is 12.9. The van der Waals surface area contributed by atoms with Gasteiger partial charge in [-0.3, -0.25) is 14.4 Å². The molecule has 1 heterocycles. The lowest BCUT2D eigenvalue weighted by atomic mass is 9.98. The minimum atomic E-state index is -1.07. The van der Waals surface area contributed by atoms with Gasteiger partial charge in [0.25, 0.3) is 0 Å². The number of nitrogens with one attached hydrogen (secondary N) is 2. The van der Waals surface area contributed by atoms with Crippen LogP contribution in [0.2, 0.25) is 0 Å². The summed E-state index contributed by atoms with van der Waals surface area (Å²) in [7, 11) is 2.99. The Morgan fingerprint density at radius 3 is 2.31 bits per heavy atom. The van der Waals surface area contributed by atoms with E-state index in [1.54, 1.807) is 31.2 Å². The number of benzene rings is 2. The molecule has 0 unspecified atom stereocenters. The quantitative estimate of drug-likeness (QED) is 0.372. The van der Waals surface area contributed by atoms with Crippen LogP contribution in [-0.2, 0) is 20.9 Å². The number of hydrogen-bond acceptors (Lipinski definition) is 7. The molecule has 1 aromatic heterocycles. The smallest absolute Gasteiger partial charge is 0.248 e. The van der Waals surface area contributed by atoms with Crippen molar-refractivity contribution in [1.82, 2.24) is 15.4 Å². The van der Waals surface area contributed by atoms with E-state index < -0.39 is 17.5 Å². The summed E-state index contributed by atoms with van der Waals surface area (Å²) in [6, 6.07) is 15.1. The third kappa shape index (κ3) is 8.07. The number of carbonyl (C=O) groups is 3. The Kier molecular flexibility index (Phi) is 9.70. The molecule has 0 saturated carbocycles. The van der Waals surface area contributed by atoms with Gasteiger partial charge in [-0.05, 0) is 39.3 Å². The predicted molar refractivity (Wildman–Crippen MR) is 146 cm³/mol. The summed E-state index contributed by atoms with van der Waals surface area (Å²) in [5.74, 6) is 0.429. The molecule has 10 heteroatoms. The van der Waals surface area contributed by atoms with Crippen molar-refractivity contribution in [2.24, 2.45) is 0 Å². The summed E-state index contributed by atoms with van der Waals surface area (Å²) in [5, 5.41) is 9.38. The number of para-hydroxylation sites is 1. The van der Waals surface area contributed by atoms with Gasteiger partial charge in [0.05, 0.1) is 14.2 Å². The molecule has 0 aliphatic heterocycles. The van der Waals surface area contributed by atoms with E-state index in [0.29, 0.717) is 22.8 Å². The van der Waals surface area contributed by atoms with Crippen molar-refractivity contribution in [2.75, 3.05) is 19.5 Å².